The minimum absolute atomic E-state index is 0.185. The Balaban J connectivity index is 1.67. The first kappa shape index (κ1) is 17.9. The maximum atomic E-state index is 10.0. The maximum Gasteiger partial charge on any atom is 0.0900 e. The monoisotopic (exact) mass is 326 g/mol. The first-order chi connectivity index (χ1) is 10.6. The Labute approximate surface area is 138 Å². The summed E-state index contributed by atoms with van der Waals surface area (Å²) in [6, 6.07) is 4.52. The smallest absolute Gasteiger partial charge is 0.0900 e. The first-order valence-electron chi connectivity index (χ1n) is 8.38. The van der Waals surface area contributed by atoms with Gasteiger partial charge in [-0.1, -0.05) is 6.92 Å². The molecule has 0 aromatic carbocycles. The van der Waals surface area contributed by atoms with Crippen molar-refractivity contribution >= 4 is 11.3 Å². The minimum Gasteiger partial charge on any atom is -0.389 e. The topological polar surface area (TPSA) is 35.9 Å². The number of piperazine rings is 1. The zero-order valence-corrected chi connectivity index (χ0v) is 14.9. The van der Waals surface area contributed by atoms with Gasteiger partial charge < -0.3 is 9.84 Å². The molecule has 126 valence electrons. The van der Waals surface area contributed by atoms with Gasteiger partial charge in [0.15, 0.2) is 0 Å². The molecule has 1 fully saturated rings. The van der Waals surface area contributed by atoms with E-state index in [-0.39, 0.29) is 12.2 Å². The van der Waals surface area contributed by atoms with Gasteiger partial charge in [0.2, 0.25) is 0 Å². The third-order valence-corrected chi connectivity index (χ3v) is 5.22. The van der Waals surface area contributed by atoms with Crippen LogP contribution >= 0.6 is 11.3 Å². The van der Waals surface area contributed by atoms with Crippen molar-refractivity contribution in [3.63, 3.8) is 0 Å². The fourth-order valence-electron chi connectivity index (χ4n) is 2.70. The summed E-state index contributed by atoms with van der Waals surface area (Å²) in [7, 11) is 0. The number of hydrogen-bond donors (Lipinski definition) is 1. The van der Waals surface area contributed by atoms with Gasteiger partial charge in [-0.15, -0.1) is 11.3 Å². The van der Waals surface area contributed by atoms with Crippen LogP contribution in [-0.4, -0.2) is 66.4 Å². The summed E-state index contributed by atoms with van der Waals surface area (Å²) >= 11 is 1.94. The summed E-state index contributed by atoms with van der Waals surface area (Å²) in [6.45, 7) is 12.7. The normalized spacial score (nSPS) is 19.0. The third kappa shape index (κ3) is 5.97. The number of hydrogen-bond acceptors (Lipinski definition) is 5. The Bertz CT molecular complexity index is 428. The molecule has 0 aliphatic carbocycles. The average Bonchev–Trinajstić information content (AvgIpc) is 2.95. The first-order valence-corrected chi connectivity index (χ1v) is 9.20. The zero-order valence-electron chi connectivity index (χ0n) is 14.1. The number of thiophene rings is 1. The number of β-amino-alcohol motifs (C(OH)–C–C–N with tert-alkyl or cyclic N) is 1. The highest BCUT2D eigenvalue weighted by atomic mass is 32.1. The van der Waals surface area contributed by atoms with E-state index in [1.807, 2.05) is 25.2 Å². The van der Waals surface area contributed by atoms with Crippen molar-refractivity contribution in [1.82, 2.24) is 9.80 Å². The predicted molar refractivity (Wildman–Crippen MR) is 92.5 cm³/mol. The van der Waals surface area contributed by atoms with Crippen LogP contribution in [0.4, 0.5) is 0 Å². The Morgan fingerprint density at radius 1 is 1.14 bits per heavy atom. The molecule has 0 saturated carbocycles. The molecule has 1 saturated heterocycles. The molecule has 22 heavy (non-hydrogen) atoms. The van der Waals surface area contributed by atoms with Crippen LogP contribution in [-0.2, 0) is 17.7 Å². The fraction of sp³-hybridized carbons (Fsp3) is 0.765. The standard InChI is InChI=1S/C17H30N2O2S/c1-4-16-5-6-17(22-16)12-19-9-7-18(8-10-19)11-15(20)13-21-14(2)3/h5-6,14-15,20H,4,7-13H2,1-3H3. The van der Waals surface area contributed by atoms with Crippen molar-refractivity contribution < 1.29 is 9.84 Å². The van der Waals surface area contributed by atoms with Crippen molar-refractivity contribution in [2.45, 2.75) is 45.9 Å². The maximum absolute atomic E-state index is 10.0. The van der Waals surface area contributed by atoms with E-state index in [0.717, 1.165) is 45.7 Å². The lowest BCUT2D eigenvalue weighted by Crippen LogP contribution is -2.48. The average molecular weight is 327 g/mol. The fourth-order valence-corrected chi connectivity index (χ4v) is 3.70. The highest BCUT2D eigenvalue weighted by Crippen LogP contribution is 2.19. The molecule has 5 heteroatoms. The molecule has 1 atom stereocenters. The number of ether oxygens (including phenoxy) is 1. The van der Waals surface area contributed by atoms with Gasteiger partial charge in [0, 0.05) is 49.0 Å². The molecule has 1 aliphatic rings. The van der Waals surface area contributed by atoms with Gasteiger partial charge in [-0.2, -0.15) is 0 Å². The Morgan fingerprint density at radius 3 is 2.36 bits per heavy atom. The van der Waals surface area contributed by atoms with E-state index in [1.165, 1.54) is 9.75 Å². The molecule has 1 aromatic rings. The van der Waals surface area contributed by atoms with Crippen molar-refractivity contribution in [1.29, 1.82) is 0 Å². The van der Waals surface area contributed by atoms with Crippen LogP contribution < -0.4 is 0 Å². The van der Waals surface area contributed by atoms with Crippen LogP contribution in [0.15, 0.2) is 12.1 Å². The Hall–Kier alpha value is -0.460. The second-order valence-electron chi connectivity index (χ2n) is 6.33. The molecule has 0 bridgehead atoms. The second kappa shape index (κ2) is 8.99. The van der Waals surface area contributed by atoms with Gasteiger partial charge in [0.1, 0.15) is 0 Å². The Kier molecular flexibility index (Phi) is 7.31. The van der Waals surface area contributed by atoms with E-state index >= 15 is 0 Å². The molecule has 2 rings (SSSR count). The Morgan fingerprint density at radius 2 is 1.77 bits per heavy atom. The van der Waals surface area contributed by atoms with E-state index in [0.29, 0.717) is 6.61 Å². The third-order valence-electron chi connectivity index (χ3n) is 4.00. The van der Waals surface area contributed by atoms with Crippen LogP contribution in [0, 0.1) is 0 Å². The van der Waals surface area contributed by atoms with Gasteiger partial charge >= 0.3 is 0 Å². The highest BCUT2D eigenvalue weighted by Gasteiger charge is 2.19. The van der Waals surface area contributed by atoms with E-state index in [1.54, 1.807) is 0 Å². The lowest BCUT2D eigenvalue weighted by atomic mass is 10.2. The number of aryl methyl sites for hydroxylation is 1. The summed E-state index contributed by atoms with van der Waals surface area (Å²) in [5, 5.41) is 10.0. The van der Waals surface area contributed by atoms with E-state index < -0.39 is 0 Å². The zero-order chi connectivity index (χ0) is 15.9. The summed E-state index contributed by atoms with van der Waals surface area (Å²) in [5.41, 5.74) is 0. The molecule has 1 unspecified atom stereocenters. The molecule has 0 radical (unpaired) electrons. The summed E-state index contributed by atoms with van der Waals surface area (Å²) in [6.07, 6.45) is 0.943. The molecule has 1 N–H and O–H groups in total. The molecule has 2 heterocycles. The van der Waals surface area contributed by atoms with Crippen LogP contribution in [0.1, 0.15) is 30.5 Å². The van der Waals surface area contributed by atoms with Gasteiger partial charge in [-0.25, -0.2) is 0 Å². The summed E-state index contributed by atoms with van der Waals surface area (Å²) in [5.74, 6) is 0. The molecule has 0 spiro atoms. The largest absolute Gasteiger partial charge is 0.389 e. The molecular formula is C17H30N2O2S. The van der Waals surface area contributed by atoms with E-state index in [4.69, 9.17) is 4.74 Å². The number of aliphatic hydroxyl groups excluding tert-OH is 1. The predicted octanol–water partition coefficient (Wildman–Crippen LogP) is 2.21. The van der Waals surface area contributed by atoms with Crippen LogP contribution in [0.25, 0.3) is 0 Å². The quantitative estimate of drug-likeness (QED) is 0.795. The molecule has 4 nitrogen and oxygen atoms in total. The lowest BCUT2D eigenvalue weighted by Gasteiger charge is -2.35. The van der Waals surface area contributed by atoms with Crippen LogP contribution in [0.2, 0.25) is 0 Å². The lowest BCUT2D eigenvalue weighted by molar-refractivity contribution is -0.0148. The van der Waals surface area contributed by atoms with Crippen molar-refractivity contribution in [3.05, 3.63) is 21.9 Å². The SMILES string of the molecule is CCc1ccc(CN2CCN(CC(O)COC(C)C)CC2)s1. The summed E-state index contributed by atoms with van der Waals surface area (Å²) in [4.78, 5) is 7.80. The highest BCUT2D eigenvalue weighted by molar-refractivity contribution is 7.11. The molecule has 1 aliphatic heterocycles. The van der Waals surface area contributed by atoms with Gasteiger partial charge in [0.05, 0.1) is 18.8 Å². The summed E-state index contributed by atoms with van der Waals surface area (Å²) < 4.78 is 5.47. The van der Waals surface area contributed by atoms with Crippen molar-refractivity contribution in [3.8, 4) is 0 Å². The van der Waals surface area contributed by atoms with Crippen molar-refractivity contribution in [2.24, 2.45) is 0 Å². The number of rotatable bonds is 8. The minimum atomic E-state index is -0.377. The number of nitrogens with zero attached hydrogens (tertiary/aromatic N) is 2. The van der Waals surface area contributed by atoms with Crippen LogP contribution in [0.3, 0.4) is 0 Å². The molecule has 1 aromatic heterocycles. The second-order valence-corrected chi connectivity index (χ2v) is 7.59. The van der Waals surface area contributed by atoms with E-state index in [2.05, 4.69) is 28.9 Å². The molecular weight excluding hydrogens is 296 g/mol. The van der Waals surface area contributed by atoms with E-state index in [9.17, 15) is 5.11 Å². The van der Waals surface area contributed by atoms with Crippen molar-refractivity contribution in [2.75, 3.05) is 39.3 Å². The molecule has 0 amide bonds. The van der Waals surface area contributed by atoms with Crippen LogP contribution in [0.5, 0.6) is 0 Å². The number of aliphatic hydroxyl groups is 1. The van der Waals surface area contributed by atoms with Gasteiger partial charge in [0.25, 0.3) is 0 Å². The van der Waals surface area contributed by atoms with Gasteiger partial charge in [-0.05, 0) is 32.4 Å². The van der Waals surface area contributed by atoms with Gasteiger partial charge in [-0.3, -0.25) is 9.80 Å².